The zero-order chi connectivity index (χ0) is 94.4. The van der Waals surface area contributed by atoms with Gasteiger partial charge in [-0.3, -0.25) is 4.79 Å². The van der Waals surface area contributed by atoms with Crippen LogP contribution in [0.1, 0.15) is 338 Å². The van der Waals surface area contributed by atoms with Crippen LogP contribution in [0.25, 0.3) is 0 Å². The molecule has 11 rings (SSSR count). The highest BCUT2D eigenvalue weighted by Gasteiger charge is 2.55. The zero-order valence-corrected chi connectivity index (χ0v) is 97.9. The molecule has 0 amide bonds. The molecule has 0 saturated heterocycles. The largest absolute Gasteiger partial charge is 0.410 e. The Morgan fingerprint density at radius 3 is 1.03 bits per heavy atom. The first-order valence-electron chi connectivity index (χ1n) is 50.5. The van der Waals surface area contributed by atoms with Crippen LogP contribution in [0.15, 0.2) is 155 Å². The lowest BCUT2D eigenvalue weighted by Crippen LogP contribution is -2.49. The van der Waals surface area contributed by atoms with Crippen LogP contribution in [0.2, 0.25) is 72.5 Å². The van der Waals surface area contributed by atoms with E-state index < -0.39 is 52.6 Å². The second kappa shape index (κ2) is 48.6. The van der Waals surface area contributed by atoms with Crippen molar-refractivity contribution >= 4 is 118 Å². The van der Waals surface area contributed by atoms with Gasteiger partial charge < -0.3 is 32.5 Å². The van der Waals surface area contributed by atoms with Gasteiger partial charge in [-0.25, -0.2) is 0 Å². The van der Waals surface area contributed by atoms with Crippen molar-refractivity contribution in [2.45, 2.75) is 447 Å². The van der Waals surface area contributed by atoms with Crippen molar-refractivity contribution in [2.24, 2.45) is 69.5 Å². The smallest absolute Gasteiger partial charge is 0.192 e. The molecule has 8 nitrogen and oxygen atoms in total. The summed E-state index contributed by atoms with van der Waals surface area (Å²) in [4.78, 5) is 12.1. The Morgan fingerprint density at radius 2 is 0.724 bits per heavy atom. The van der Waals surface area contributed by atoms with Crippen LogP contribution < -0.4 is 10.6 Å². The van der Waals surface area contributed by atoms with Gasteiger partial charge in [0.25, 0.3) is 0 Å². The molecule has 0 heterocycles. The maximum absolute atomic E-state index is 14.7. The van der Waals surface area contributed by atoms with Crippen molar-refractivity contribution in [3.8, 4) is 0 Å². The Balaban J connectivity index is 0.000000269. The number of benzene rings is 2. The fraction of sp³-hybridized carbons (Fsp3) is 0.739. The first kappa shape index (κ1) is 115. The first-order chi connectivity index (χ1) is 58.6. The van der Waals surface area contributed by atoms with Crippen LogP contribution in [-0.4, -0.2) is 92.1 Å². The third kappa shape index (κ3) is 29.1. The fourth-order valence-electron chi connectivity index (χ4n) is 23.1. The lowest BCUT2D eigenvalue weighted by atomic mass is 9.60. The standard InChI is InChI=1S/C37H68O2Si2.C33H51O3PSi2.C25H40O2.C16H28O.I2.HI/c1-15-16-18-27(2)31-22-23-32-30(19-17-24-37(31,32)10)21-20-29-25-33(38-40(11,12)35(4,5)6)28(3)34(26-29)39-41(13,14)36(7,8)9;1-26-30(35-38(8,9)32(2,3)4)24-27(25-31(26)36-39(10,11)33(5,6)7)22-23-37(34,28-18-14-12-15-19-28)29-20-16-13-17-21-29;1-5-6-8-17(2)21-12-13-22-20(9-7-14-25(21,22)4)11-10-19-15-23(26)18(3)24(27)16-19;1-4-5-7-12(2)13-9-10-14-15(17)8-6-11-16(13,14)3;1-2;/h20-21,27,31-34H,3,15-19,22-26H2,1-2,4-14H3;12-22,30-31H,1,23-25H2,2-11H3;10-11,17,21-24,26-27H,3,5-9,12-16H2,1-2,4H3;12-14H,4-11H2,1-3H3;;1H/b30-21+;;20-11+;;;/t27-,31+,32-,33+,34+,37+;30-,31-;17-,21+,22-,23+,24+,25+;12-,13+,14-,16+;;/m0100../s1. The van der Waals surface area contributed by atoms with E-state index in [2.05, 4.69) is 285 Å². The molecule has 127 heavy (non-hydrogen) atoms. The van der Waals surface area contributed by atoms with Crippen molar-refractivity contribution < 1.29 is 37.3 Å². The van der Waals surface area contributed by atoms with Gasteiger partial charge in [-0.1, -0.05) is 342 Å². The molecule has 9 aliphatic carbocycles. The number of rotatable bonds is 26. The van der Waals surface area contributed by atoms with Crippen LogP contribution in [0.3, 0.4) is 0 Å². The number of carbonyl (C=O) groups is 1. The Hall–Kier alpha value is -0.922. The monoisotopic (exact) mass is 2170 g/mol. The Labute approximate surface area is 825 Å². The zero-order valence-electron chi connectivity index (χ0n) is 86.3. The molecule has 0 unspecified atom stereocenters. The van der Waals surface area contributed by atoms with Gasteiger partial charge in [-0.2, -0.15) is 0 Å². The number of allylic oxidation sites excluding steroid dienone is 7. The summed E-state index contributed by atoms with van der Waals surface area (Å²) in [7, 11) is -10.8. The number of hydrogen-bond acceptors (Lipinski definition) is 8. The number of fused-ring (bicyclic) bond motifs is 3. The lowest BCUT2D eigenvalue weighted by molar-refractivity contribution is -0.130. The van der Waals surface area contributed by atoms with Crippen molar-refractivity contribution in [3.05, 3.63) is 155 Å². The predicted octanol–water partition coefficient (Wildman–Crippen LogP) is 34.0. The number of aliphatic hydroxyl groups excluding tert-OH is 2. The van der Waals surface area contributed by atoms with Crippen molar-refractivity contribution in [1.29, 1.82) is 0 Å². The number of Topliss-reactive ketones (excluding diaryl/α,β-unsaturated/α-hetero) is 1. The molecule has 0 spiro atoms. The minimum atomic E-state index is -2.84. The number of unbranched alkanes of at least 4 members (excludes halogenated alkanes) is 3. The fourth-order valence-corrected chi connectivity index (χ4v) is 30.8. The molecule has 0 radical (unpaired) electrons. The number of hydrogen-bond donors (Lipinski definition) is 2. The Morgan fingerprint density at radius 1 is 0.441 bits per heavy atom. The summed E-state index contributed by atoms with van der Waals surface area (Å²) < 4.78 is 42.8. The van der Waals surface area contributed by atoms with Crippen LogP contribution in [0.4, 0.5) is 0 Å². The van der Waals surface area contributed by atoms with Crippen molar-refractivity contribution in [2.75, 3.05) is 6.16 Å². The third-order valence-corrected chi connectivity index (χ3v) is 56.3. The van der Waals surface area contributed by atoms with Crippen LogP contribution in [0.5, 0.6) is 0 Å². The molecule has 16 heteroatoms. The summed E-state index contributed by atoms with van der Waals surface area (Å²) in [6.07, 6.45) is 47.3. The van der Waals surface area contributed by atoms with Gasteiger partial charge in [-0.15, -0.1) is 24.0 Å². The number of carbonyl (C=O) groups excluding carboxylic acids is 1. The van der Waals surface area contributed by atoms with E-state index in [1.165, 1.54) is 158 Å². The molecule has 722 valence electrons. The average molecular weight is 2170 g/mol. The van der Waals surface area contributed by atoms with Gasteiger partial charge in [0.15, 0.2) is 33.3 Å². The molecular weight excluding hydrogens is 1990 g/mol. The summed E-state index contributed by atoms with van der Waals surface area (Å²) >= 11 is 4.24. The molecule has 2 N–H and O–H groups in total. The van der Waals surface area contributed by atoms with E-state index in [9.17, 15) is 19.6 Å². The third-order valence-electron chi connectivity index (χ3n) is 35.3. The van der Waals surface area contributed by atoms with Crippen molar-refractivity contribution in [1.82, 2.24) is 0 Å². The Kier molecular flexibility index (Phi) is 43.9. The molecule has 9 saturated carbocycles. The molecule has 0 bridgehead atoms. The van der Waals surface area contributed by atoms with Gasteiger partial charge in [0.2, 0.25) is 0 Å². The van der Waals surface area contributed by atoms with Crippen molar-refractivity contribution in [3.63, 3.8) is 0 Å². The maximum atomic E-state index is 14.7. The predicted molar refractivity (Wildman–Crippen MR) is 590 cm³/mol. The van der Waals surface area contributed by atoms with Crippen LogP contribution in [0, 0.1) is 69.5 Å². The number of ketones is 1. The molecule has 0 aromatic heterocycles. The van der Waals surface area contributed by atoms with Gasteiger partial charge in [0, 0.05) is 66.3 Å². The molecule has 0 aliphatic heterocycles. The minimum Gasteiger partial charge on any atom is -0.410 e. The van der Waals surface area contributed by atoms with E-state index in [0.29, 0.717) is 52.5 Å². The van der Waals surface area contributed by atoms with Crippen LogP contribution in [-0.2, 0) is 27.1 Å². The van der Waals surface area contributed by atoms with Gasteiger partial charge >= 0.3 is 0 Å². The minimum absolute atomic E-state index is 0. The molecular formula is C111H188I3O8PSi4. The number of aliphatic hydroxyl groups is 2. The Bertz CT molecular complexity index is 3910. The van der Waals surface area contributed by atoms with E-state index in [-0.39, 0.29) is 68.5 Å². The average Bonchev–Trinajstić information content (AvgIpc) is 1.65. The van der Waals surface area contributed by atoms with Crippen LogP contribution >= 0.6 is 68.4 Å². The maximum Gasteiger partial charge on any atom is 0.192 e. The molecule has 2 aromatic carbocycles. The lowest BCUT2D eigenvalue weighted by Gasteiger charge is -2.46. The van der Waals surface area contributed by atoms with Gasteiger partial charge in [-0.05, 0) is 281 Å². The van der Waals surface area contributed by atoms with E-state index in [1.54, 1.807) is 11.1 Å². The van der Waals surface area contributed by atoms with E-state index >= 15 is 0 Å². The molecule has 18 atom stereocenters. The van der Waals surface area contributed by atoms with E-state index in [0.717, 1.165) is 108 Å². The van der Waals surface area contributed by atoms with E-state index in [1.807, 2.05) is 60.7 Å². The second-order valence-corrected chi connectivity index (χ2v) is 70.1. The summed E-state index contributed by atoms with van der Waals surface area (Å²) in [5, 5.41) is 22.5. The molecule has 9 fully saturated rings. The highest BCUT2D eigenvalue weighted by atomic mass is 128. The number of halogens is 3. The van der Waals surface area contributed by atoms with Gasteiger partial charge in [0.05, 0.1) is 36.6 Å². The summed E-state index contributed by atoms with van der Waals surface area (Å²) in [5.41, 5.74) is 11.4. The summed E-state index contributed by atoms with van der Waals surface area (Å²) in [6, 6.07) is 19.9. The summed E-state index contributed by atoms with van der Waals surface area (Å²) in [5.74, 6) is 7.55. The van der Waals surface area contributed by atoms with E-state index in [4.69, 9.17) is 17.7 Å². The second-order valence-electron chi connectivity index (χ2n) is 48.1. The molecule has 9 aliphatic rings. The first-order valence-corrected chi connectivity index (χ1v) is 70.3. The summed E-state index contributed by atoms with van der Waals surface area (Å²) in [6.45, 7) is 81.5. The quantitative estimate of drug-likeness (QED) is 0.0415. The highest BCUT2D eigenvalue weighted by molar-refractivity contribution is 15.0. The topological polar surface area (TPSA) is 112 Å². The SMILES string of the molecule is C=C1[C@H](O)CC(=C/C=C2\CCC[C@]3(C)[C@@H]([C@@H](C)CCCC)CC[C@@H]23)C[C@H]1O.C=C1[C@H](O[Si](C)(C)C(C)(C)C)CC(=C/C=C2\CCC[C@]3(C)[C@@H]([C@@H](C)CCCC)CC[C@@H]23)C[C@H]1O[Si](C)(C)C(C)(C)C.C=C1[C@H](O[Si](C)(C)C(C)(C)C)CC(=CCP(=O)(c2ccccc2)c2ccccc2)C[C@H]1O[Si](C)(C)C(C)(C)C.CCCC[C@H](C)[C@H]1CC[C@H]2C(=O)CCC[C@]12C.I.II. The normalized spacial score (nSPS) is 30.0. The molecule has 2 aromatic rings. The highest BCUT2D eigenvalue weighted by Crippen LogP contribution is 2.63. The van der Waals surface area contributed by atoms with Gasteiger partial charge in [0.1, 0.15) is 12.9 Å².